The number of urea groups is 1. The van der Waals surface area contributed by atoms with Crippen LogP contribution in [0, 0.1) is 12.3 Å². The first kappa shape index (κ1) is 13.8. The molecular formula is C12H22N2O. The van der Waals surface area contributed by atoms with Crippen molar-refractivity contribution < 1.29 is 4.79 Å². The maximum atomic E-state index is 11.5. The fourth-order valence-corrected chi connectivity index (χ4v) is 1.16. The smallest absolute Gasteiger partial charge is 0.318 e. The Hall–Kier alpha value is -1.17. The Labute approximate surface area is 93.2 Å². The molecule has 2 amide bonds. The predicted molar refractivity (Wildman–Crippen MR) is 63.6 cm³/mol. The van der Waals surface area contributed by atoms with Crippen LogP contribution in [0.1, 0.15) is 39.5 Å². The lowest BCUT2D eigenvalue weighted by Gasteiger charge is -2.20. The van der Waals surface area contributed by atoms with Crippen LogP contribution in [0.4, 0.5) is 4.79 Å². The van der Waals surface area contributed by atoms with E-state index in [0.29, 0.717) is 0 Å². The number of nitrogens with one attached hydrogen (secondary N) is 1. The topological polar surface area (TPSA) is 32.3 Å². The van der Waals surface area contributed by atoms with E-state index in [-0.39, 0.29) is 12.1 Å². The van der Waals surface area contributed by atoms with Gasteiger partial charge < -0.3 is 10.2 Å². The standard InChI is InChI=1S/C12H22N2O/c1-5-7-8-9-10-13-12(15)14(4)11(3)6-2/h2,11H,5,7-10H2,1,3-4H3,(H,13,15)/t11-/m1/s1. The van der Waals surface area contributed by atoms with Crippen molar-refractivity contribution in [2.45, 2.75) is 45.6 Å². The van der Waals surface area contributed by atoms with Gasteiger partial charge in [0.2, 0.25) is 0 Å². The van der Waals surface area contributed by atoms with Gasteiger partial charge >= 0.3 is 6.03 Å². The Balaban J connectivity index is 3.61. The van der Waals surface area contributed by atoms with Crippen LogP contribution in [0.15, 0.2) is 0 Å². The molecule has 0 rings (SSSR count). The molecule has 0 aromatic rings. The molecule has 0 saturated carbocycles. The minimum absolute atomic E-state index is 0.0862. The summed E-state index contributed by atoms with van der Waals surface area (Å²) in [5.74, 6) is 2.52. The van der Waals surface area contributed by atoms with Crippen molar-refractivity contribution in [3.8, 4) is 12.3 Å². The third kappa shape index (κ3) is 6.01. The van der Waals surface area contributed by atoms with Crippen LogP contribution in [-0.2, 0) is 0 Å². The lowest BCUT2D eigenvalue weighted by molar-refractivity contribution is 0.203. The molecule has 0 aromatic carbocycles. The zero-order chi connectivity index (χ0) is 11.7. The quantitative estimate of drug-likeness (QED) is 0.529. The summed E-state index contributed by atoms with van der Waals surface area (Å²) in [6.07, 6.45) is 9.88. The second-order valence-electron chi connectivity index (χ2n) is 3.75. The van der Waals surface area contributed by atoms with Crippen LogP contribution in [0.2, 0.25) is 0 Å². The molecule has 15 heavy (non-hydrogen) atoms. The first-order valence-electron chi connectivity index (χ1n) is 5.60. The van der Waals surface area contributed by atoms with Crippen LogP contribution < -0.4 is 5.32 Å². The van der Waals surface area contributed by atoms with E-state index < -0.39 is 0 Å². The third-order valence-electron chi connectivity index (χ3n) is 2.45. The molecule has 0 saturated heterocycles. The lowest BCUT2D eigenvalue weighted by Crippen LogP contribution is -2.42. The summed E-state index contributed by atoms with van der Waals surface area (Å²) in [6.45, 7) is 4.73. The maximum Gasteiger partial charge on any atom is 0.318 e. The molecule has 1 N–H and O–H groups in total. The van der Waals surface area contributed by atoms with Gasteiger partial charge in [0.25, 0.3) is 0 Å². The van der Waals surface area contributed by atoms with Crippen molar-refractivity contribution in [2.24, 2.45) is 0 Å². The van der Waals surface area contributed by atoms with E-state index in [0.717, 1.165) is 13.0 Å². The third-order valence-corrected chi connectivity index (χ3v) is 2.45. The lowest BCUT2D eigenvalue weighted by atomic mass is 10.2. The molecule has 0 fully saturated rings. The maximum absolute atomic E-state index is 11.5. The number of hydrogen-bond acceptors (Lipinski definition) is 1. The molecule has 0 bridgehead atoms. The Bertz CT molecular complexity index is 220. The van der Waals surface area contributed by atoms with Gasteiger partial charge in [-0.3, -0.25) is 0 Å². The predicted octanol–water partition coefficient (Wildman–Crippen LogP) is 2.23. The molecule has 0 radical (unpaired) electrons. The van der Waals surface area contributed by atoms with Gasteiger partial charge in [0.15, 0.2) is 0 Å². The number of hydrogen-bond donors (Lipinski definition) is 1. The van der Waals surface area contributed by atoms with E-state index in [2.05, 4.69) is 18.2 Å². The Morgan fingerprint density at radius 1 is 1.47 bits per heavy atom. The van der Waals surface area contributed by atoms with E-state index in [9.17, 15) is 4.79 Å². The summed E-state index contributed by atoms with van der Waals surface area (Å²) in [5.41, 5.74) is 0. The molecular weight excluding hydrogens is 188 g/mol. The number of unbranched alkanes of at least 4 members (excludes halogenated alkanes) is 3. The molecule has 3 heteroatoms. The van der Waals surface area contributed by atoms with Crippen molar-refractivity contribution in [1.82, 2.24) is 10.2 Å². The van der Waals surface area contributed by atoms with E-state index >= 15 is 0 Å². The number of carbonyl (C=O) groups excluding carboxylic acids is 1. The van der Waals surface area contributed by atoms with Crippen molar-refractivity contribution in [3.05, 3.63) is 0 Å². The van der Waals surface area contributed by atoms with E-state index in [1.165, 1.54) is 19.3 Å². The highest BCUT2D eigenvalue weighted by Crippen LogP contribution is 1.98. The van der Waals surface area contributed by atoms with E-state index in [1.807, 2.05) is 6.92 Å². The number of amides is 2. The molecule has 1 atom stereocenters. The molecule has 86 valence electrons. The first-order chi connectivity index (χ1) is 7.13. The zero-order valence-electron chi connectivity index (χ0n) is 10.0. The van der Waals surface area contributed by atoms with Crippen LogP contribution in [0.5, 0.6) is 0 Å². The highest BCUT2D eigenvalue weighted by Gasteiger charge is 2.11. The largest absolute Gasteiger partial charge is 0.338 e. The fourth-order valence-electron chi connectivity index (χ4n) is 1.16. The minimum Gasteiger partial charge on any atom is -0.338 e. The molecule has 3 nitrogen and oxygen atoms in total. The Kier molecular flexibility index (Phi) is 7.53. The molecule has 0 unspecified atom stereocenters. The normalized spacial score (nSPS) is 11.6. The van der Waals surface area contributed by atoms with Gasteiger partial charge in [-0.15, -0.1) is 6.42 Å². The summed E-state index contributed by atoms with van der Waals surface area (Å²) >= 11 is 0. The molecule has 0 spiro atoms. The van der Waals surface area contributed by atoms with Crippen molar-refractivity contribution >= 4 is 6.03 Å². The second-order valence-corrected chi connectivity index (χ2v) is 3.75. The van der Waals surface area contributed by atoms with Crippen LogP contribution in [0.3, 0.4) is 0 Å². The monoisotopic (exact) mass is 210 g/mol. The van der Waals surface area contributed by atoms with Gasteiger partial charge in [-0.25, -0.2) is 4.79 Å². The number of carbonyl (C=O) groups is 1. The summed E-state index contributed by atoms with van der Waals surface area (Å²) in [7, 11) is 1.71. The van der Waals surface area contributed by atoms with Gasteiger partial charge in [0, 0.05) is 13.6 Å². The molecule has 0 aliphatic rings. The van der Waals surface area contributed by atoms with Gasteiger partial charge in [-0.05, 0) is 13.3 Å². The van der Waals surface area contributed by atoms with E-state index in [4.69, 9.17) is 6.42 Å². The van der Waals surface area contributed by atoms with Crippen LogP contribution in [-0.4, -0.2) is 30.6 Å². The van der Waals surface area contributed by atoms with Gasteiger partial charge in [-0.2, -0.15) is 0 Å². The number of rotatable bonds is 6. The van der Waals surface area contributed by atoms with Crippen LogP contribution in [0.25, 0.3) is 0 Å². The Morgan fingerprint density at radius 2 is 2.13 bits per heavy atom. The highest BCUT2D eigenvalue weighted by atomic mass is 16.2. The highest BCUT2D eigenvalue weighted by molar-refractivity contribution is 5.74. The summed E-state index contributed by atoms with van der Waals surface area (Å²) in [4.78, 5) is 13.0. The minimum atomic E-state index is -0.152. The number of terminal acetylenes is 1. The molecule has 0 aromatic heterocycles. The second kappa shape index (κ2) is 8.16. The van der Waals surface area contributed by atoms with Crippen molar-refractivity contribution in [1.29, 1.82) is 0 Å². The number of nitrogens with zero attached hydrogens (tertiary/aromatic N) is 1. The van der Waals surface area contributed by atoms with Gasteiger partial charge in [0.1, 0.15) is 0 Å². The summed E-state index contributed by atoms with van der Waals surface area (Å²) in [5, 5.41) is 2.85. The molecule has 0 heterocycles. The fraction of sp³-hybridized carbons (Fsp3) is 0.750. The van der Waals surface area contributed by atoms with Crippen LogP contribution >= 0.6 is 0 Å². The first-order valence-corrected chi connectivity index (χ1v) is 5.60. The zero-order valence-corrected chi connectivity index (χ0v) is 10.0. The average Bonchev–Trinajstić information content (AvgIpc) is 2.26. The summed E-state index contributed by atoms with van der Waals surface area (Å²) < 4.78 is 0. The summed E-state index contributed by atoms with van der Waals surface area (Å²) in [6, 6.07) is -0.238. The molecule has 0 aliphatic heterocycles. The van der Waals surface area contributed by atoms with Gasteiger partial charge in [-0.1, -0.05) is 32.1 Å². The average molecular weight is 210 g/mol. The Morgan fingerprint density at radius 3 is 2.67 bits per heavy atom. The SMILES string of the molecule is C#C[C@@H](C)N(C)C(=O)NCCCCCC. The van der Waals surface area contributed by atoms with Crippen molar-refractivity contribution in [3.63, 3.8) is 0 Å². The molecule has 0 aliphatic carbocycles. The van der Waals surface area contributed by atoms with Gasteiger partial charge in [0.05, 0.1) is 6.04 Å². The van der Waals surface area contributed by atoms with Crippen molar-refractivity contribution in [2.75, 3.05) is 13.6 Å². The van der Waals surface area contributed by atoms with E-state index in [1.54, 1.807) is 11.9 Å².